The van der Waals surface area contributed by atoms with Crippen LogP contribution >= 0.6 is 0 Å². The molecule has 0 N–H and O–H groups in total. The number of alkyl halides is 1. The molecule has 0 spiro atoms. The van der Waals surface area contributed by atoms with Crippen LogP contribution in [-0.2, 0) is 9.47 Å². The normalized spacial score (nSPS) is 18.8. The number of aliphatic imine (C=N–C) groups is 1. The summed E-state index contributed by atoms with van der Waals surface area (Å²) in [5.74, 6) is 1.33. The molecule has 0 aromatic carbocycles. The largest absolute Gasteiger partial charge is 0.475 e. The summed E-state index contributed by atoms with van der Waals surface area (Å²) >= 11 is 0. The van der Waals surface area contributed by atoms with Crippen molar-refractivity contribution in [2.75, 3.05) is 31.7 Å². The first-order valence-corrected chi connectivity index (χ1v) is 7.60. The van der Waals surface area contributed by atoms with Gasteiger partial charge in [-0.15, -0.1) is 0 Å². The van der Waals surface area contributed by atoms with Crippen LogP contribution in [0, 0.1) is 0 Å². The molecule has 1 aliphatic rings. The maximum Gasteiger partial charge on any atom is 0.222 e. The van der Waals surface area contributed by atoms with E-state index in [0.29, 0.717) is 18.2 Å². The maximum absolute atomic E-state index is 12.7. The molecule has 0 radical (unpaired) electrons. The lowest BCUT2D eigenvalue weighted by molar-refractivity contribution is -0.0314. The number of halogens is 1. The average Bonchev–Trinajstić information content (AvgIpc) is 3.17. The standard InChI is InChI=1S/C15H20FN5O2/c1-4-20(3)13-5-6-21-14(19-13)12(7-17-21)15-18-11(9-23-15)8-22-10(2)16/h5-7,10-11H,4,8-9H2,1-3H3. The molecule has 124 valence electrons. The number of fused-ring (bicyclic) bond motifs is 1. The Hall–Kier alpha value is -2.22. The van der Waals surface area contributed by atoms with Crippen molar-refractivity contribution in [2.45, 2.75) is 26.2 Å². The van der Waals surface area contributed by atoms with Crippen LogP contribution in [0.5, 0.6) is 0 Å². The average molecular weight is 321 g/mol. The zero-order valence-corrected chi connectivity index (χ0v) is 13.4. The third-order valence-electron chi connectivity index (χ3n) is 3.68. The van der Waals surface area contributed by atoms with Gasteiger partial charge in [0.05, 0.1) is 12.8 Å². The molecule has 0 bridgehead atoms. The van der Waals surface area contributed by atoms with Crippen LogP contribution in [0.4, 0.5) is 10.2 Å². The highest BCUT2D eigenvalue weighted by atomic mass is 19.1. The Kier molecular flexibility index (Phi) is 4.42. The maximum atomic E-state index is 12.7. The smallest absolute Gasteiger partial charge is 0.222 e. The lowest BCUT2D eigenvalue weighted by Crippen LogP contribution is -2.17. The van der Waals surface area contributed by atoms with E-state index in [-0.39, 0.29) is 12.6 Å². The summed E-state index contributed by atoms with van der Waals surface area (Å²) in [6.45, 7) is 4.82. The van der Waals surface area contributed by atoms with Crippen molar-refractivity contribution in [2.24, 2.45) is 4.99 Å². The summed E-state index contributed by atoms with van der Waals surface area (Å²) in [5, 5.41) is 4.27. The van der Waals surface area contributed by atoms with Gasteiger partial charge in [0, 0.05) is 19.8 Å². The van der Waals surface area contributed by atoms with E-state index in [1.165, 1.54) is 6.92 Å². The van der Waals surface area contributed by atoms with Gasteiger partial charge in [-0.2, -0.15) is 5.10 Å². The van der Waals surface area contributed by atoms with E-state index >= 15 is 0 Å². The van der Waals surface area contributed by atoms with Gasteiger partial charge in [-0.3, -0.25) is 0 Å². The van der Waals surface area contributed by atoms with Gasteiger partial charge in [0.15, 0.2) is 12.0 Å². The van der Waals surface area contributed by atoms with Gasteiger partial charge in [-0.05, 0) is 19.9 Å². The summed E-state index contributed by atoms with van der Waals surface area (Å²) < 4.78 is 25.0. The fraction of sp³-hybridized carbons (Fsp3) is 0.533. The SMILES string of the molecule is CCN(C)c1ccn2ncc(C3=NC(COC(C)F)CO3)c2n1. The molecule has 3 rings (SSSR count). The number of ether oxygens (including phenoxy) is 2. The first kappa shape index (κ1) is 15.7. The summed E-state index contributed by atoms with van der Waals surface area (Å²) in [6, 6.07) is 1.70. The molecule has 0 amide bonds. The van der Waals surface area contributed by atoms with E-state index in [9.17, 15) is 4.39 Å². The molecule has 7 nitrogen and oxygen atoms in total. The molecule has 2 atom stereocenters. The Balaban J connectivity index is 1.86. The topological polar surface area (TPSA) is 64.2 Å². The zero-order valence-electron chi connectivity index (χ0n) is 13.4. The van der Waals surface area contributed by atoms with Crippen LogP contribution in [0.15, 0.2) is 23.5 Å². The van der Waals surface area contributed by atoms with Crippen molar-refractivity contribution >= 4 is 17.4 Å². The Morgan fingerprint density at radius 1 is 1.57 bits per heavy atom. The van der Waals surface area contributed by atoms with Crippen molar-refractivity contribution in [3.63, 3.8) is 0 Å². The molecule has 0 aliphatic carbocycles. The van der Waals surface area contributed by atoms with Crippen molar-refractivity contribution in [3.05, 3.63) is 24.0 Å². The van der Waals surface area contributed by atoms with E-state index in [1.807, 2.05) is 24.2 Å². The van der Waals surface area contributed by atoms with Gasteiger partial charge in [-0.1, -0.05) is 0 Å². The van der Waals surface area contributed by atoms with E-state index in [2.05, 4.69) is 22.0 Å². The third-order valence-corrected chi connectivity index (χ3v) is 3.68. The highest BCUT2D eigenvalue weighted by Gasteiger charge is 2.24. The zero-order chi connectivity index (χ0) is 16.4. The summed E-state index contributed by atoms with van der Waals surface area (Å²) in [7, 11) is 1.98. The predicted octanol–water partition coefficient (Wildman–Crippen LogP) is 1.66. The molecule has 2 unspecified atom stereocenters. The van der Waals surface area contributed by atoms with Gasteiger partial charge in [0.1, 0.15) is 24.0 Å². The molecule has 2 aromatic heterocycles. The monoisotopic (exact) mass is 321 g/mol. The Morgan fingerprint density at radius 2 is 2.39 bits per heavy atom. The molecule has 0 saturated carbocycles. The molecule has 0 saturated heterocycles. The van der Waals surface area contributed by atoms with Crippen LogP contribution < -0.4 is 4.90 Å². The van der Waals surface area contributed by atoms with E-state index in [1.54, 1.807) is 10.7 Å². The van der Waals surface area contributed by atoms with Crippen molar-refractivity contribution in [1.82, 2.24) is 14.6 Å². The second kappa shape index (κ2) is 6.49. The van der Waals surface area contributed by atoms with Gasteiger partial charge in [0.25, 0.3) is 0 Å². The Morgan fingerprint density at radius 3 is 3.13 bits per heavy atom. The molecule has 8 heteroatoms. The minimum absolute atomic E-state index is 0.192. The second-order valence-electron chi connectivity index (χ2n) is 5.40. The highest BCUT2D eigenvalue weighted by molar-refractivity contribution is 6.00. The molecule has 0 fully saturated rings. The van der Waals surface area contributed by atoms with Crippen LogP contribution in [0.3, 0.4) is 0 Å². The fourth-order valence-electron chi connectivity index (χ4n) is 2.28. The molecule has 3 heterocycles. The number of anilines is 1. The Bertz CT molecular complexity index is 715. The highest BCUT2D eigenvalue weighted by Crippen LogP contribution is 2.19. The van der Waals surface area contributed by atoms with E-state index in [0.717, 1.165) is 17.9 Å². The van der Waals surface area contributed by atoms with Gasteiger partial charge < -0.3 is 14.4 Å². The van der Waals surface area contributed by atoms with Crippen LogP contribution in [0.1, 0.15) is 19.4 Å². The van der Waals surface area contributed by atoms with E-state index < -0.39 is 6.36 Å². The summed E-state index contributed by atoms with van der Waals surface area (Å²) in [5.41, 5.74) is 1.41. The molecule has 2 aromatic rings. The minimum Gasteiger partial charge on any atom is -0.475 e. The lowest BCUT2D eigenvalue weighted by atomic mass is 10.3. The summed E-state index contributed by atoms with van der Waals surface area (Å²) in [6.07, 6.45) is 2.23. The van der Waals surface area contributed by atoms with E-state index in [4.69, 9.17) is 9.47 Å². The van der Waals surface area contributed by atoms with Crippen LogP contribution in [0.25, 0.3) is 5.65 Å². The fourth-order valence-corrected chi connectivity index (χ4v) is 2.28. The summed E-state index contributed by atoms with van der Waals surface area (Å²) in [4.78, 5) is 11.1. The first-order valence-electron chi connectivity index (χ1n) is 7.60. The van der Waals surface area contributed by atoms with Crippen molar-refractivity contribution in [1.29, 1.82) is 0 Å². The van der Waals surface area contributed by atoms with Crippen LogP contribution in [0.2, 0.25) is 0 Å². The quantitative estimate of drug-likeness (QED) is 0.810. The Labute approximate surface area is 133 Å². The molecule has 23 heavy (non-hydrogen) atoms. The predicted molar refractivity (Wildman–Crippen MR) is 84.7 cm³/mol. The number of hydrogen-bond donors (Lipinski definition) is 0. The molecular weight excluding hydrogens is 301 g/mol. The first-order chi connectivity index (χ1) is 11.1. The van der Waals surface area contributed by atoms with Gasteiger partial charge >= 0.3 is 0 Å². The third kappa shape index (κ3) is 3.26. The van der Waals surface area contributed by atoms with Crippen molar-refractivity contribution in [3.8, 4) is 0 Å². The second-order valence-corrected chi connectivity index (χ2v) is 5.40. The molecule has 1 aliphatic heterocycles. The molecular formula is C15H20FN5O2. The van der Waals surface area contributed by atoms with Gasteiger partial charge in [-0.25, -0.2) is 18.9 Å². The van der Waals surface area contributed by atoms with Crippen molar-refractivity contribution < 1.29 is 13.9 Å². The number of rotatable bonds is 6. The number of aromatic nitrogens is 3. The van der Waals surface area contributed by atoms with Crippen LogP contribution in [-0.4, -0.2) is 59.7 Å². The number of nitrogens with zero attached hydrogens (tertiary/aromatic N) is 5. The number of hydrogen-bond acceptors (Lipinski definition) is 6. The van der Waals surface area contributed by atoms with Gasteiger partial charge in [0.2, 0.25) is 5.90 Å². The minimum atomic E-state index is -1.31. The lowest BCUT2D eigenvalue weighted by Gasteiger charge is -2.15.